The Hall–Kier alpha value is -1.21. The molecule has 1 aliphatic carbocycles. The molecule has 0 aliphatic heterocycles. The molecule has 8 heteroatoms. The molecule has 0 radical (unpaired) electrons. The van der Waals surface area contributed by atoms with E-state index in [-0.39, 0.29) is 10.7 Å². The minimum Gasteiger partial charge on any atom is -0.373 e. The summed E-state index contributed by atoms with van der Waals surface area (Å²) in [6, 6.07) is 0. The normalized spacial score (nSPS) is 15.6. The molecule has 2 rings (SSSR count). The molecule has 1 aromatic rings. The number of hydrogen-bond donors (Lipinski definition) is 2. The van der Waals surface area contributed by atoms with E-state index in [2.05, 4.69) is 10.4 Å². The molecule has 0 amide bonds. The van der Waals surface area contributed by atoms with Crippen molar-refractivity contribution in [2.24, 2.45) is 11.7 Å². The van der Waals surface area contributed by atoms with Gasteiger partial charge in [0.05, 0.1) is 24.3 Å². The van der Waals surface area contributed by atoms with Crippen LogP contribution < -0.4 is 16.6 Å². The van der Waals surface area contributed by atoms with E-state index in [0.717, 1.165) is 12.8 Å². The second-order valence-electron chi connectivity index (χ2n) is 4.71. The Morgan fingerprint density at radius 3 is 2.84 bits per heavy atom. The highest BCUT2D eigenvalue weighted by atomic mass is 35.5. The lowest BCUT2D eigenvalue weighted by atomic mass is 10.3. The van der Waals surface area contributed by atoms with E-state index in [1.165, 1.54) is 10.9 Å². The first-order chi connectivity index (χ1) is 8.93. The summed E-state index contributed by atoms with van der Waals surface area (Å²) in [5, 5.41) is 6.31. The van der Waals surface area contributed by atoms with E-state index in [9.17, 15) is 13.6 Å². The number of rotatable bonds is 6. The second-order valence-corrected chi connectivity index (χ2v) is 5.12. The molecule has 0 saturated heterocycles. The summed E-state index contributed by atoms with van der Waals surface area (Å²) < 4.78 is 27.4. The Labute approximate surface area is 113 Å². The zero-order valence-corrected chi connectivity index (χ0v) is 11.0. The molecule has 106 valence electrons. The third-order valence-corrected chi connectivity index (χ3v) is 3.23. The lowest BCUT2D eigenvalue weighted by Gasteiger charge is -2.16. The Morgan fingerprint density at radius 2 is 2.26 bits per heavy atom. The van der Waals surface area contributed by atoms with Crippen LogP contribution in [0.25, 0.3) is 0 Å². The minimum atomic E-state index is -3.08. The van der Waals surface area contributed by atoms with Crippen LogP contribution in [0.1, 0.15) is 12.8 Å². The van der Waals surface area contributed by atoms with Gasteiger partial charge in [-0.05, 0) is 18.8 Å². The molecular formula is C11H15ClF2N4O. The Bertz CT molecular complexity index is 516. The Morgan fingerprint density at radius 1 is 1.58 bits per heavy atom. The molecule has 0 aromatic carbocycles. The van der Waals surface area contributed by atoms with Crippen molar-refractivity contribution in [3.05, 3.63) is 21.6 Å². The van der Waals surface area contributed by atoms with Gasteiger partial charge >= 0.3 is 0 Å². The molecule has 0 bridgehead atoms. The van der Waals surface area contributed by atoms with Crippen molar-refractivity contribution in [1.29, 1.82) is 0 Å². The van der Waals surface area contributed by atoms with Crippen molar-refractivity contribution in [2.75, 3.05) is 18.4 Å². The van der Waals surface area contributed by atoms with Crippen molar-refractivity contribution in [3.63, 3.8) is 0 Å². The van der Waals surface area contributed by atoms with Crippen molar-refractivity contribution in [2.45, 2.75) is 25.3 Å². The van der Waals surface area contributed by atoms with E-state index in [0.29, 0.717) is 12.5 Å². The van der Waals surface area contributed by atoms with Gasteiger partial charge in [-0.1, -0.05) is 11.6 Å². The Kier molecular flexibility index (Phi) is 4.05. The SMILES string of the molecule is NCC(F)(F)CNc1c(Cl)cnn(CC2CC2)c1=O. The number of nitrogens with zero attached hydrogens (tertiary/aromatic N) is 2. The molecule has 1 saturated carbocycles. The summed E-state index contributed by atoms with van der Waals surface area (Å²) in [6.45, 7) is -1.02. The van der Waals surface area contributed by atoms with Gasteiger partial charge in [0.15, 0.2) is 0 Å². The van der Waals surface area contributed by atoms with Crippen molar-refractivity contribution in [3.8, 4) is 0 Å². The highest BCUT2D eigenvalue weighted by Gasteiger charge is 2.28. The summed E-state index contributed by atoms with van der Waals surface area (Å²) in [6.07, 6.45) is 3.41. The maximum Gasteiger partial charge on any atom is 0.291 e. The molecule has 1 heterocycles. The van der Waals surface area contributed by atoms with Gasteiger partial charge < -0.3 is 11.1 Å². The smallest absolute Gasteiger partial charge is 0.291 e. The topological polar surface area (TPSA) is 72.9 Å². The van der Waals surface area contributed by atoms with Crippen LogP contribution in [0.2, 0.25) is 5.02 Å². The van der Waals surface area contributed by atoms with Crippen molar-refractivity contribution in [1.82, 2.24) is 9.78 Å². The third kappa shape index (κ3) is 3.63. The van der Waals surface area contributed by atoms with Crippen LogP contribution in [0, 0.1) is 5.92 Å². The fourth-order valence-electron chi connectivity index (χ4n) is 1.59. The van der Waals surface area contributed by atoms with Gasteiger partial charge in [-0.3, -0.25) is 4.79 Å². The van der Waals surface area contributed by atoms with E-state index in [4.69, 9.17) is 17.3 Å². The summed E-state index contributed by atoms with van der Waals surface area (Å²) >= 11 is 5.81. The molecule has 3 N–H and O–H groups in total. The first-order valence-corrected chi connectivity index (χ1v) is 6.38. The molecule has 5 nitrogen and oxygen atoms in total. The highest BCUT2D eigenvalue weighted by molar-refractivity contribution is 6.32. The maximum absolute atomic E-state index is 13.1. The summed E-state index contributed by atoms with van der Waals surface area (Å²) in [7, 11) is 0. The first kappa shape index (κ1) is 14.2. The van der Waals surface area contributed by atoms with Gasteiger partial charge in [-0.2, -0.15) is 5.10 Å². The summed E-state index contributed by atoms with van der Waals surface area (Å²) in [4.78, 5) is 12.0. The predicted octanol–water partition coefficient (Wildman–Crippen LogP) is 1.31. The van der Waals surface area contributed by atoms with Gasteiger partial charge in [0.2, 0.25) is 0 Å². The largest absolute Gasteiger partial charge is 0.373 e. The average Bonchev–Trinajstić information content (AvgIpc) is 3.16. The lowest BCUT2D eigenvalue weighted by molar-refractivity contribution is 0.0253. The molecule has 0 unspecified atom stereocenters. The third-order valence-electron chi connectivity index (χ3n) is 2.95. The van der Waals surface area contributed by atoms with E-state index >= 15 is 0 Å². The molecule has 1 aromatic heterocycles. The average molecular weight is 293 g/mol. The molecule has 1 aliphatic rings. The zero-order chi connectivity index (χ0) is 14.0. The second kappa shape index (κ2) is 5.42. The van der Waals surface area contributed by atoms with Gasteiger partial charge in [0.1, 0.15) is 5.69 Å². The van der Waals surface area contributed by atoms with Crippen molar-refractivity contribution >= 4 is 17.3 Å². The number of hydrogen-bond acceptors (Lipinski definition) is 4. The fraction of sp³-hybridized carbons (Fsp3) is 0.636. The van der Waals surface area contributed by atoms with Gasteiger partial charge in [-0.15, -0.1) is 0 Å². The van der Waals surface area contributed by atoms with Gasteiger partial charge in [0, 0.05) is 6.54 Å². The molecular weight excluding hydrogens is 278 g/mol. The van der Waals surface area contributed by atoms with E-state index in [1.807, 2.05) is 0 Å². The number of aromatic nitrogens is 2. The predicted molar refractivity (Wildman–Crippen MR) is 68.7 cm³/mol. The number of nitrogens with two attached hydrogens (primary N) is 1. The van der Waals surface area contributed by atoms with Gasteiger partial charge in [0.25, 0.3) is 11.5 Å². The minimum absolute atomic E-state index is 0.0323. The number of halogens is 3. The number of alkyl halides is 2. The summed E-state index contributed by atoms with van der Waals surface area (Å²) in [5.74, 6) is -2.63. The van der Waals surface area contributed by atoms with Crippen LogP contribution in [-0.4, -0.2) is 28.8 Å². The number of nitrogens with one attached hydrogen (secondary N) is 1. The molecule has 0 spiro atoms. The van der Waals surface area contributed by atoms with Crippen LogP contribution in [0.4, 0.5) is 14.5 Å². The van der Waals surface area contributed by atoms with Crippen LogP contribution in [0.15, 0.2) is 11.0 Å². The van der Waals surface area contributed by atoms with Crippen molar-refractivity contribution < 1.29 is 8.78 Å². The van der Waals surface area contributed by atoms with Crippen LogP contribution in [0.5, 0.6) is 0 Å². The lowest BCUT2D eigenvalue weighted by Crippen LogP contribution is -2.37. The number of anilines is 1. The maximum atomic E-state index is 13.1. The fourth-order valence-corrected chi connectivity index (χ4v) is 1.78. The van der Waals surface area contributed by atoms with Crippen LogP contribution in [-0.2, 0) is 6.54 Å². The highest BCUT2D eigenvalue weighted by Crippen LogP contribution is 2.30. The quantitative estimate of drug-likeness (QED) is 0.829. The molecule has 19 heavy (non-hydrogen) atoms. The standard InChI is InChI=1S/C11H15ClF2N4O/c12-8-3-17-18(4-7-1-2-7)10(19)9(8)16-6-11(13,14)5-15/h3,7,16H,1-2,4-6,15H2. The Balaban J connectivity index is 2.16. The molecule has 0 atom stereocenters. The van der Waals surface area contributed by atoms with Crippen LogP contribution in [0.3, 0.4) is 0 Å². The summed E-state index contributed by atoms with van der Waals surface area (Å²) in [5.41, 5.74) is 4.40. The van der Waals surface area contributed by atoms with E-state index < -0.39 is 24.6 Å². The zero-order valence-electron chi connectivity index (χ0n) is 10.2. The van der Waals surface area contributed by atoms with E-state index in [1.54, 1.807) is 0 Å². The monoisotopic (exact) mass is 292 g/mol. The van der Waals surface area contributed by atoms with Crippen LogP contribution >= 0.6 is 11.6 Å². The molecule has 1 fully saturated rings. The first-order valence-electron chi connectivity index (χ1n) is 6.00. The van der Waals surface area contributed by atoms with Gasteiger partial charge in [-0.25, -0.2) is 13.5 Å².